The highest BCUT2D eigenvalue weighted by Gasteiger charge is 2.27. The molecule has 0 atom stereocenters. The first-order valence-corrected chi connectivity index (χ1v) is 6.90. The van der Waals surface area contributed by atoms with E-state index in [4.69, 9.17) is 5.14 Å². The van der Waals surface area contributed by atoms with Gasteiger partial charge in [0.1, 0.15) is 11.5 Å². The molecule has 0 aromatic heterocycles. The lowest BCUT2D eigenvalue weighted by Crippen LogP contribution is -2.17. The summed E-state index contributed by atoms with van der Waals surface area (Å²) in [5.74, 6) is -2.71. The van der Waals surface area contributed by atoms with E-state index in [1.165, 1.54) is 7.11 Å². The summed E-state index contributed by atoms with van der Waals surface area (Å²) in [6.45, 7) is -0.0950. The topological polar surface area (TPSA) is 139 Å². The number of esters is 1. The van der Waals surface area contributed by atoms with Crippen LogP contribution in [0.15, 0.2) is 17.0 Å². The molecule has 0 saturated heterocycles. The van der Waals surface area contributed by atoms with Crippen molar-refractivity contribution in [2.75, 3.05) is 20.3 Å². The van der Waals surface area contributed by atoms with Crippen LogP contribution >= 0.6 is 0 Å². The van der Waals surface area contributed by atoms with E-state index in [1.807, 2.05) is 0 Å². The highest BCUT2D eigenvalue weighted by Crippen LogP contribution is 2.26. The number of nitrogens with two attached hydrogens (primary N) is 1. The van der Waals surface area contributed by atoms with Crippen molar-refractivity contribution in [3.8, 4) is 0 Å². The molecule has 0 aliphatic heterocycles. The van der Waals surface area contributed by atoms with Gasteiger partial charge in [-0.05, 0) is 6.07 Å². The standard InChI is InChI=1S/C10H11FN2O7S/c1-19-2-3-20-10(14)6-4-7(13(15)16)9(11)8(5-6)21(12,17)18/h4-5H,2-3H2,1H3,(H2,12,17,18). The first-order valence-electron chi connectivity index (χ1n) is 5.35. The molecule has 9 nitrogen and oxygen atoms in total. The van der Waals surface area contributed by atoms with Crippen LogP contribution in [0.3, 0.4) is 0 Å². The summed E-state index contributed by atoms with van der Waals surface area (Å²) in [4.78, 5) is 20.0. The Kier molecular flexibility index (Phi) is 5.29. The summed E-state index contributed by atoms with van der Waals surface area (Å²) < 4.78 is 45.4. The average Bonchev–Trinajstić information content (AvgIpc) is 2.37. The van der Waals surface area contributed by atoms with Gasteiger partial charge in [-0.15, -0.1) is 0 Å². The molecule has 11 heteroatoms. The number of rotatable bonds is 6. The van der Waals surface area contributed by atoms with Crippen molar-refractivity contribution in [3.05, 3.63) is 33.6 Å². The number of hydrogen-bond donors (Lipinski definition) is 1. The normalized spacial score (nSPS) is 11.2. The fourth-order valence-electron chi connectivity index (χ4n) is 1.34. The molecule has 0 spiro atoms. The highest BCUT2D eigenvalue weighted by atomic mass is 32.2. The number of carbonyl (C=O) groups excluding carboxylic acids is 1. The van der Waals surface area contributed by atoms with Gasteiger partial charge in [0, 0.05) is 13.2 Å². The second-order valence-corrected chi connectivity index (χ2v) is 5.27. The summed E-state index contributed by atoms with van der Waals surface area (Å²) in [6, 6.07) is 1.14. The summed E-state index contributed by atoms with van der Waals surface area (Å²) in [5, 5.41) is 15.4. The first kappa shape index (κ1) is 16.9. The molecule has 0 radical (unpaired) electrons. The largest absolute Gasteiger partial charge is 0.460 e. The molecule has 1 aromatic carbocycles. The van der Waals surface area contributed by atoms with Crippen LogP contribution in [0.25, 0.3) is 0 Å². The molecule has 21 heavy (non-hydrogen) atoms. The summed E-state index contributed by atoms with van der Waals surface area (Å²) in [5.41, 5.74) is -1.71. The van der Waals surface area contributed by atoms with Crippen LogP contribution in [0.5, 0.6) is 0 Å². The Bertz CT molecular complexity index is 674. The molecule has 116 valence electrons. The minimum atomic E-state index is -4.58. The molecule has 0 aliphatic carbocycles. The average molecular weight is 322 g/mol. The number of nitro benzene ring substituents is 1. The molecule has 1 aromatic rings. The van der Waals surface area contributed by atoms with E-state index in [0.29, 0.717) is 12.1 Å². The van der Waals surface area contributed by atoms with Crippen molar-refractivity contribution in [3.63, 3.8) is 0 Å². The van der Waals surface area contributed by atoms with Gasteiger partial charge in [-0.25, -0.2) is 18.4 Å². The van der Waals surface area contributed by atoms with Crippen LogP contribution in [-0.4, -0.2) is 39.6 Å². The van der Waals surface area contributed by atoms with Crippen LogP contribution in [0, 0.1) is 15.9 Å². The maximum atomic E-state index is 13.7. The van der Waals surface area contributed by atoms with Crippen LogP contribution in [0.2, 0.25) is 0 Å². The molecule has 0 saturated carbocycles. The van der Waals surface area contributed by atoms with Crippen molar-refractivity contribution in [2.24, 2.45) is 5.14 Å². The van der Waals surface area contributed by atoms with E-state index in [0.717, 1.165) is 0 Å². The van der Waals surface area contributed by atoms with Crippen molar-refractivity contribution >= 4 is 21.7 Å². The fourth-order valence-corrected chi connectivity index (χ4v) is 1.99. The molecule has 0 bridgehead atoms. The Labute approximate surface area is 118 Å². The number of carbonyl (C=O) groups is 1. The van der Waals surface area contributed by atoms with Gasteiger partial charge in [0.25, 0.3) is 0 Å². The van der Waals surface area contributed by atoms with E-state index < -0.39 is 42.9 Å². The molecule has 0 unspecified atom stereocenters. The van der Waals surface area contributed by atoms with E-state index >= 15 is 0 Å². The predicted octanol–water partition coefficient (Wildman–Crippen LogP) is 0.184. The van der Waals surface area contributed by atoms with E-state index in [1.54, 1.807) is 0 Å². The highest BCUT2D eigenvalue weighted by molar-refractivity contribution is 7.89. The van der Waals surface area contributed by atoms with Crippen LogP contribution in [0.4, 0.5) is 10.1 Å². The Morgan fingerprint density at radius 1 is 1.43 bits per heavy atom. The molecule has 1 rings (SSSR count). The first-order chi connectivity index (χ1) is 9.68. The summed E-state index contributed by atoms with van der Waals surface area (Å²) in [7, 11) is -3.23. The third kappa shape index (κ3) is 4.18. The van der Waals surface area contributed by atoms with Gasteiger partial charge >= 0.3 is 11.7 Å². The number of nitro groups is 1. The lowest BCUT2D eigenvalue weighted by Gasteiger charge is -2.07. The Morgan fingerprint density at radius 3 is 2.52 bits per heavy atom. The van der Waals surface area contributed by atoms with Crippen LogP contribution < -0.4 is 5.14 Å². The van der Waals surface area contributed by atoms with Crippen LogP contribution in [0.1, 0.15) is 10.4 Å². The third-order valence-corrected chi connectivity index (χ3v) is 3.19. The quantitative estimate of drug-likeness (QED) is 0.341. The number of halogens is 1. The molecular formula is C10H11FN2O7S. The zero-order valence-corrected chi connectivity index (χ0v) is 11.6. The van der Waals surface area contributed by atoms with E-state index in [2.05, 4.69) is 9.47 Å². The van der Waals surface area contributed by atoms with Gasteiger partial charge < -0.3 is 9.47 Å². The number of benzene rings is 1. The Morgan fingerprint density at radius 2 is 2.05 bits per heavy atom. The van der Waals surface area contributed by atoms with Gasteiger partial charge in [-0.3, -0.25) is 10.1 Å². The van der Waals surface area contributed by atoms with Gasteiger partial charge in [0.15, 0.2) is 0 Å². The smallest absolute Gasteiger partial charge is 0.338 e. The van der Waals surface area contributed by atoms with Gasteiger partial charge in [-0.1, -0.05) is 0 Å². The number of sulfonamides is 1. The summed E-state index contributed by atoms with van der Waals surface area (Å²) >= 11 is 0. The van der Waals surface area contributed by atoms with E-state index in [-0.39, 0.29) is 13.2 Å². The monoisotopic (exact) mass is 322 g/mol. The zero-order chi connectivity index (χ0) is 16.2. The minimum absolute atomic E-state index is 0.0665. The second kappa shape index (κ2) is 6.56. The molecular weight excluding hydrogens is 311 g/mol. The van der Waals surface area contributed by atoms with Gasteiger partial charge in [0.2, 0.25) is 15.8 Å². The molecule has 2 N–H and O–H groups in total. The van der Waals surface area contributed by atoms with Crippen molar-refractivity contribution in [2.45, 2.75) is 4.90 Å². The number of nitrogens with zero attached hydrogens (tertiary/aromatic N) is 1. The van der Waals surface area contributed by atoms with Gasteiger partial charge in [0.05, 0.1) is 17.1 Å². The van der Waals surface area contributed by atoms with Crippen molar-refractivity contribution in [1.29, 1.82) is 0 Å². The van der Waals surface area contributed by atoms with Crippen molar-refractivity contribution in [1.82, 2.24) is 0 Å². The summed E-state index contributed by atoms with van der Waals surface area (Å²) in [6.07, 6.45) is 0. The fraction of sp³-hybridized carbons (Fsp3) is 0.300. The second-order valence-electron chi connectivity index (χ2n) is 3.74. The number of methoxy groups -OCH3 is 1. The number of hydrogen-bond acceptors (Lipinski definition) is 7. The molecule has 0 fully saturated rings. The zero-order valence-electron chi connectivity index (χ0n) is 10.7. The predicted molar refractivity (Wildman–Crippen MR) is 66.6 cm³/mol. The lowest BCUT2D eigenvalue weighted by atomic mass is 10.2. The van der Waals surface area contributed by atoms with Gasteiger partial charge in [-0.2, -0.15) is 4.39 Å². The van der Waals surface area contributed by atoms with E-state index in [9.17, 15) is 27.7 Å². The lowest BCUT2D eigenvalue weighted by molar-refractivity contribution is -0.387. The van der Waals surface area contributed by atoms with Crippen LogP contribution in [-0.2, 0) is 19.5 Å². The maximum absolute atomic E-state index is 13.7. The molecule has 0 aliphatic rings. The Balaban J connectivity index is 3.31. The van der Waals surface area contributed by atoms with Crippen molar-refractivity contribution < 1.29 is 32.0 Å². The molecule has 0 amide bonds. The third-order valence-electron chi connectivity index (χ3n) is 2.28. The Hall–Kier alpha value is -2.11. The number of primary sulfonamides is 1. The minimum Gasteiger partial charge on any atom is -0.460 e. The number of ether oxygens (including phenoxy) is 2. The maximum Gasteiger partial charge on any atom is 0.338 e. The SMILES string of the molecule is COCCOC(=O)c1cc([N+](=O)[O-])c(F)c(S(N)(=O)=O)c1. The molecule has 0 heterocycles.